The first-order chi connectivity index (χ1) is 7.57. The summed E-state index contributed by atoms with van der Waals surface area (Å²) < 4.78 is 9.94. The van der Waals surface area contributed by atoms with Gasteiger partial charge in [-0.05, 0) is 13.3 Å². The summed E-state index contributed by atoms with van der Waals surface area (Å²) in [6.07, 6.45) is 1.84. The molecule has 0 spiro atoms. The zero-order valence-corrected chi connectivity index (χ0v) is 9.77. The van der Waals surface area contributed by atoms with Crippen molar-refractivity contribution in [1.29, 1.82) is 0 Å². The Balaban J connectivity index is 2.45. The summed E-state index contributed by atoms with van der Waals surface area (Å²) in [6, 6.07) is 0. The Bertz CT molecular complexity index is 312. The average molecular weight is 229 g/mol. The molecule has 0 aromatic carbocycles. The minimum atomic E-state index is -0.990. The van der Waals surface area contributed by atoms with Crippen molar-refractivity contribution in [2.45, 2.75) is 31.8 Å². The van der Waals surface area contributed by atoms with E-state index >= 15 is 0 Å². The van der Waals surface area contributed by atoms with E-state index in [4.69, 9.17) is 15.0 Å². The Hall–Kier alpha value is -0.980. The second kappa shape index (κ2) is 5.93. The molecular weight excluding hydrogens is 210 g/mol. The molecule has 1 heterocycles. The van der Waals surface area contributed by atoms with Crippen LogP contribution < -0.4 is 5.73 Å². The second-order valence-electron chi connectivity index (χ2n) is 4.08. The smallest absolute Gasteiger partial charge is 0.229 e. The van der Waals surface area contributed by atoms with E-state index in [0.717, 1.165) is 6.42 Å². The molecular formula is C10H19N3O3. The third-order valence-electron chi connectivity index (χ3n) is 2.23. The number of aromatic nitrogens is 2. The van der Waals surface area contributed by atoms with E-state index in [1.165, 1.54) is 0 Å². The number of ether oxygens (including phenoxy) is 1. The Labute approximate surface area is 94.8 Å². The molecule has 0 aliphatic carbocycles. The molecule has 1 aromatic heterocycles. The Morgan fingerprint density at radius 3 is 2.94 bits per heavy atom. The van der Waals surface area contributed by atoms with Crippen LogP contribution in [-0.2, 0) is 17.6 Å². The average Bonchev–Trinajstić information content (AvgIpc) is 2.65. The highest BCUT2D eigenvalue weighted by molar-refractivity contribution is 4.92. The number of aryl methyl sites for hydroxylation is 1. The molecule has 3 N–H and O–H groups in total. The highest BCUT2D eigenvalue weighted by atomic mass is 16.5. The molecule has 1 aromatic rings. The zero-order chi connectivity index (χ0) is 12.0. The first-order valence-electron chi connectivity index (χ1n) is 5.30. The van der Waals surface area contributed by atoms with Gasteiger partial charge in [-0.2, -0.15) is 4.98 Å². The van der Waals surface area contributed by atoms with Crippen molar-refractivity contribution in [3.8, 4) is 0 Å². The first kappa shape index (κ1) is 13.1. The summed E-state index contributed by atoms with van der Waals surface area (Å²) in [5.74, 6) is 1.06. The molecule has 92 valence electrons. The zero-order valence-electron chi connectivity index (χ0n) is 9.77. The predicted molar refractivity (Wildman–Crippen MR) is 57.9 cm³/mol. The summed E-state index contributed by atoms with van der Waals surface area (Å²) in [5.41, 5.74) is 4.41. The fourth-order valence-corrected chi connectivity index (χ4v) is 1.24. The molecule has 0 saturated heterocycles. The van der Waals surface area contributed by atoms with Crippen molar-refractivity contribution < 1.29 is 14.4 Å². The van der Waals surface area contributed by atoms with Crippen molar-refractivity contribution in [2.75, 3.05) is 20.3 Å². The molecule has 0 radical (unpaired) electrons. The standard InChI is InChI=1S/C10H19N3O3/c1-10(14,7-11)6-9-12-8(13-16-9)4-3-5-15-2/h14H,3-7,11H2,1-2H3. The van der Waals surface area contributed by atoms with Gasteiger partial charge in [0.25, 0.3) is 0 Å². The number of hydrogen-bond acceptors (Lipinski definition) is 6. The summed E-state index contributed by atoms with van der Waals surface area (Å²) >= 11 is 0. The molecule has 0 aliphatic rings. The van der Waals surface area contributed by atoms with Gasteiger partial charge in [-0.25, -0.2) is 0 Å². The molecule has 0 bridgehead atoms. The lowest BCUT2D eigenvalue weighted by Gasteiger charge is -2.17. The van der Waals surface area contributed by atoms with Gasteiger partial charge in [0, 0.05) is 26.7 Å². The van der Waals surface area contributed by atoms with Gasteiger partial charge >= 0.3 is 0 Å². The number of rotatable bonds is 7. The summed E-state index contributed by atoms with van der Waals surface area (Å²) in [7, 11) is 1.65. The quantitative estimate of drug-likeness (QED) is 0.634. The lowest BCUT2D eigenvalue weighted by atomic mass is 10.0. The van der Waals surface area contributed by atoms with Crippen LogP contribution >= 0.6 is 0 Å². The van der Waals surface area contributed by atoms with Gasteiger partial charge in [0.2, 0.25) is 5.89 Å². The maximum absolute atomic E-state index is 9.73. The number of aliphatic hydroxyl groups is 1. The predicted octanol–water partition coefficient (Wildman–Crippen LogP) is -0.0992. The monoisotopic (exact) mass is 229 g/mol. The van der Waals surface area contributed by atoms with Crippen LogP contribution in [-0.4, -0.2) is 41.1 Å². The maximum Gasteiger partial charge on any atom is 0.229 e. The van der Waals surface area contributed by atoms with Crippen LogP contribution in [0.1, 0.15) is 25.1 Å². The first-order valence-corrected chi connectivity index (χ1v) is 5.30. The normalized spacial score (nSPS) is 15.0. The number of nitrogens with zero attached hydrogens (tertiary/aromatic N) is 2. The Kier molecular flexibility index (Phi) is 4.85. The maximum atomic E-state index is 9.73. The SMILES string of the molecule is COCCCc1noc(CC(C)(O)CN)n1. The lowest BCUT2D eigenvalue weighted by Crippen LogP contribution is -2.36. The second-order valence-corrected chi connectivity index (χ2v) is 4.08. The van der Waals surface area contributed by atoms with Gasteiger partial charge in [0.1, 0.15) is 0 Å². The number of nitrogens with two attached hydrogens (primary N) is 1. The molecule has 1 rings (SSSR count). The molecule has 0 fully saturated rings. The van der Waals surface area contributed by atoms with Crippen LogP contribution in [0.4, 0.5) is 0 Å². The highest BCUT2D eigenvalue weighted by Crippen LogP contribution is 2.10. The third-order valence-corrected chi connectivity index (χ3v) is 2.23. The number of methoxy groups -OCH3 is 1. The van der Waals surface area contributed by atoms with Gasteiger partial charge in [-0.15, -0.1) is 0 Å². The van der Waals surface area contributed by atoms with Gasteiger partial charge in [0.15, 0.2) is 5.82 Å². The molecule has 6 heteroatoms. The van der Waals surface area contributed by atoms with Crippen LogP contribution in [0.5, 0.6) is 0 Å². The van der Waals surface area contributed by atoms with E-state index in [2.05, 4.69) is 10.1 Å². The van der Waals surface area contributed by atoms with Crippen molar-refractivity contribution in [1.82, 2.24) is 10.1 Å². The van der Waals surface area contributed by atoms with Gasteiger partial charge in [-0.1, -0.05) is 5.16 Å². The van der Waals surface area contributed by atoms with E-state index in [9.17, 15) is 5.11 Å². The third kappa shape index (κ3) is 4.26. The van der Waals surface area contributed by atoms with Crippen LogP contribution in [0.15, 0.2) is 4.52 Å². The van der Waals surface area contributed by atoms with Gasteiger partial charge in [-0.3, -0.25) is 0 Å². The van der Waals surface area contributed by atoms with E-state index in [-0.39, 0.29) is 13.0 Å². The molecule has 1 atom stereocenters. The topological polar surface area (TPSA) is 94.4 Å². The van der Waals surface area contributed by atoms with E-state index in [0.29, 0.717) is 24.7 Å². The summed E-state index contributed by atoms with van der Waals surface area (Å²) in [6.45, 7) is 2.47. The molecule has 1 unspecified atom stereocenters. The largest absolute Gasteiger partial charge is 0.388 e. The van der Waals surface area contributed by atoms with Crippen LogP contribution in [0.2, 0.25) is 0 Å². The minimum Gasteiger partial charge on any atom is -0.388 e. The molecule has 6 nitrogen and oxygen atoms in total. The highest BCUT2D eigenvalue weighted by Gasteiger charge is 2.22. The van der Waals surface area contributed by atoms with E-state index in [1.807, 2.05) is 0 Å². The van der Waals surface area contributed by atoms with Crippen LogP contribution in [0, 0.1) is 0 Å². The fourth-order valence-electron chi connectivity index (χ4n) is 1.24. The summed E-state index contributed by atoms with van der Waals surface area (Å²) in [5, 5.41) is 13.5. The van der Waals surface area contributed by atoms with Crippen LogP contribution in [0.25, 0.3) is 0 Å². The molecule has 0 saturated carbocycles. The van der Waals surface area contributed by atoms with Crippen molar-refractivity contribution in [3.63, 3.8) is 0 Å². The van der Waals surface area contributed by atoms with Crippen molar-refractivity contribution in [3.05, 3.63) is 11.7 Å². The van der Waals surface area contributed by atoms with E-state index in [1.54, 1.807) is 14.0 Å². The van der Waals surface area contributed by atoms with E-state index < -0.39 is 5.60 Å². The minimum absolute atomic E-state index is 0.161. The van der Waals surface area contributed by atoms with Crippen LogP contribution in [0.3, 0.4) is 0 Å². The summed E-state index contributed by atoms with van der Waals surface area (Å²) in [4.78, 5) is 4.17. The van der Waals surface area contributed by atoms with Crippen molar-refractivity contribution in [2.24, 2.45) is 5.73 Å². The Morgan fingerprint density at radius 1 is 1.56 bits per heavy atom. The Morgan fingerprint density at radius 2 is 2.31 bits per heavy atom. The molecule has 16 heavy (non-hydrogen) atoms. The molecule has 0 amide bonds. The number of hydrogen-bond donors (Lipinski definition) is 2. The fraction of sp³-hybridized carbons (Fsp3) is 0.800. The van der Waals surface area contributed by atoms with Crippen molar-refractivity contribution >= 4 is 0 Å². The van der Waals surface area contributed by atoms with Gasteiger partial charge in [0.05, 0.1) is 12.0 Å². The van der Waals surface area contributed by atoms with Gasteiger partial charge < -0.3 is 20.1 Å². The lowest BCUT2D eigenvalue weighted by molar-refractivity contribution is 0.0610. The molecule has 0 aliphatic heterocycles.